The lowest BCUT2D eigenvalue weighted by Crippen LogP contribution is -2.26. The Hall–Kier alpha value is -1.59. The number of halogens is 1. The van der Waals surface area contributed by atoms with Gasteiger partial charge in [0.15, 0.2) is 0 Å². The molecular formula is C17H17BrN2OS. The first-order valence-electron chi connectivity index (χ1n) is 6.86. The van der Waals surface area contributed by atoms with Gasteiger partial charge in [0.2, 0.25) is 0 Å². The van der Waals surface area contributed by atoms with E-state index in [-0.39, 0.29) is 11.2 Å². The van der Waals surface area contributed by atoms with Crippen LogP contribution in [-0.2, 0) is 4.79 Å². The van der Waals surface area contributed by atoms with E-state index in [0.29, 0.717) is 0 Å². The van der Waals surface area contributed by atoms with E-state index in [1.165, 1.54) is 17.3 Å². The van der Waals surface area contributed by atoms with Crippen molar-refractivity contribution >= 4 is 39.8 Å². The topological polar surface area (TPSA) is 41.5 Å². The van der Waals surface area contributed by atoms with Crippen molar-refractivity contribution in [2.24, 2.45) is 5.10 Å². The van der Waals surface area contributed by atoms with Crippen molar-refractivity contribution < 1.29 is 4.79 Å². The molecule has 0 saturated heterocycles. The lowest BCUT2D eigenvalue weighted by atomic mass is 10.2. The number of hydrogen-bond donors (Lipinski definition) is 1. The van der Waals surface area contributed by atoms with Crippen LogP contribution in [0.3, 0.4) is 0 Å². The van der Waals surface area contributed by atoms with Gasteiger partial charge < -0.3 is 0 Å². The van der Waals surface area contributed by atoms with E-state index in [1.807, 2.05) is 62.4 Å². The zero-order valence-corrected chi connectivity index (χ0v) is 14.8. The fraction of sp³-hybridized carbons (Fsp3) is 0.176. The van der Waals surface area contributed by atoms with Gasteiger partial charge in [-0.1, -0.05) is 45.8 Å². The van der Waals surface area contributed by atoms with Crippen LogP contribution in [0.15, 0.2) is 63.0 Å². The predicted octanol–water partition coefficient (Wildman–Crippen LogP) is 4.39. The lowest BCUT2D eigenvalue weighted by Gasteiger charge is -2.09. The number of hydrazone groups is 1. The molecule has 5 heteroatoms. The second-order valence-electron chi connectivity index (χ2n) is 4.86. The highest BCUT2D eigenvalue weighted by atomic mass is 79.9. The minimum atomic E-state index is -0.204. The van der Waals surface area contributed by atoms with E-state index in [4.69, 9.17) is 0 Å². The summed E-state index contributed by atoms with van der Waals surface area (Å²) in [4.78, 5) is 13.1. The van der Waals surface area contributed by atoms with Crippen molar-refractivity contribution in [3.63, 3.8) is 0 Å². The molecule has 0 radical (unpaired) electrons. The van der Waals surface area contributed by atoms with E-state index in [9.17, 15) is 4.79 Å². The fourth-order valence-electron chi connectivity index (χ4n) is 1.68. The van der Waals surface area contributed by atoms with E-state index < -0.39 is 0 Å². The summed E-state index contributed by atoms with van der Waals surface area (Å²) in [5.41, 5.74) is 4.72. The lowest BCUT2D eigenvalue weighted by molar-refractivity contribution is -0.120. The molecule has 22 heavy (non-hydrogen) atoms. The summed E-state index contributed by atoms with van der Waals surface area (Å²) >= 11 is 4.89. The molecule has 0 unspecified atom stereocenters. The average molecular weight is 377 g/mol. The van der Waals surface area contributed by atoms with Crippen LogP contribution in [0.2, 0.25) is 0 Å². The van der Waals surface area contributed by atoms with Crippen molar-refractivity contribution in [1.29, 1.82) is 0 Å². The van der Waals surface area contributed by atoms with Crippen LogP contribution in [0.4, 0.5) is 0 Å². The number of nitrogens with zero attached hydrogens (tertiary/aromatic N) is 1. The van der Waals surface area contributed by atoms with Crippen LogP contribution in [0, 0.1) is 6.92 Å². The molecule has 0 bridgehead atoms. The van der Waals surface area contributed by atoms with Gasteiger partial charge in [-0.3, -0.25) is 4.79 Å². The Morgan fingerprint density at radius 3 is 2.45 bits per heavy atom. The highest BCUT2D eigenvalue weighted by Crippen LogP contribution is 2.23. The maximum Gasteiger partial charge on any atom is 0.253 e. The third-order valence-corrected chi connectivity index (χ3v) is 4.60. The Morgan fingerprint density at radius 2 is 1.82 bits per heavy atom. The Morgan fingerprint density at radius 1 is 1.18 bits per heavy atom. The first-order valence-corrected chi connectivity index (χ1v) is 8.53. The van der Waals surface area contributed by atoms with Gasteiger partial charge in [-0.05, 0) is 43.7 Å². The number of amides is 1. The molecule has 3 nitrogen and oxygen atoms in total. The molecule has 2 rings (SSSR count). The molecule has 0 aromatic heterocycles. The van der Waals surface area contributed by atoms with Crippen LogP contribution in [0.5, 0.6) is 0 Å². The van der Waals surface area contributed by atoms with E-state index >= 15 is 0 Å². The van der Waals surface area contributed by atoms with Crippen LogP contribution < -0.4 is 5.43 Å². The molecule has 1 N–H and O–H groups in total. The quantitative estimate of drug-likeness (QED) is 0.477. The van der Waals surface area contributed by atoms with Gasteiger partial charge in [0.25, 0.3) is 5.91 Å². The Balaban J connectivity index is 1.85. The predicted molar refractivity (Wildman–Crippen MR) is 96.4 cm³/mol. The summed E-state index contributed by atoms with van der Waals surface area (Å²) < 4.78 is 1.01. The normalized spacial score (nSPS) is 12.3. The van der Waals surface area contributed by atoms with Gasteiger partial charge in [-0.15, -0.1) is 11.8 Å². The molecule has 1 atom stereocenters. The largest absolute Gasteiger partial charge is 0.272 e. The SMILES string of the molecule is Cc1ccc(S[C@@H](C)C(=O)N/N=C\c2ccc(Br)cc2)cc1. The fourth-order valence-corrected chi connectivity index (χ4v) is 2.81. The molecule has 0 spiro atoms. The Bertz CT molecular complexity index is 653. The minimum absolute atomic E-state index is 0.112. The first kappa shape index (κ1) is 16.8. The number of rotatable bonds is 5. The van der Waals surface area contributed by atoms with Crippen LogP contribution in [0.1, 0.15) is 18.1 Å². The van der Waals surface area contributed by atoms with Crippen LogP contribution in [-0.4, -0.2) is 17.4 Å². The van der Waals surface area contributed by atoms with Crippen LogP contribution >= 0.6 is 27.7 Å². The van der Waals surface area contributed by atoms with Gasteiger partial charge in [-0.2, -0.15) is 5.10 Å². The molecule has 2 aromatic carbocycles. The highest BCUT2D eigenvalue weighted by molar-refractivity contribution is 9.10. The maximum absolute atomic E-state index is 12.0. The standard InChI is InChI=1S/C17H17BrN2OS/c1-12-3-9-16(10-4-12)22-13(2)17(21)20-19-11-14-5-7-15(18)8-6-14/h3-11,13H,1-2H3,(H,20,21)/b19-11-/t13-/m0/s1. The van der Waals surface area contributed by atoms with Gasteiger partial charge in [0.05, 0.1) is 11.5 Å². The second-order valence-corrected chi connectivity index (χ2v) is 7.19. The Labute approximate surface area is 143 Å². The number of carbonyl (C=O) groups is 1. The van der Waals surface area contributed by atoms with Crippen LogP contribution in [0.25, 0.3) is 0 Å². The molecule has 0 aliphatic rings. The second kappa shape index (κ2) is 8.15. The summed E-state index contributed by atoms with van der Waals surface area (Å²) in [6.07, 6.45) is 1.63. The van der Waals surface area contributed by atoms with Gasteiger partial charge in [0, 0.05) is 9.37 Å². The summed E-state index contributed by atoms with van der Waals surface area (Å²) in [6, 6.07) is 15.8. The third kappa shape index (κ3) is 5.31. The van der Waals surface area contributed by atoms with E-state index in [1.54, 1.807) is 6.21 Å². The molecule has 2 aromatic rings. The Kier molecular flexibility index (Phi) is 6.21. The minimum Gasteiger partial charge on any atom is -0.272 e. The number of hydrogen-bond acceptors (Lipinski definition) is 3. The summed E-state index contributed by atoms with van der Waals surface area (Å²) in [5, 5.41) is 3.79. The van der Waals surface area contributed by atoms with Gasteiger partial charge >= 0.3 is 0 Å². The molecule has 1 amide bonds. The summed E-state index contributed by atoms with van der Waals surface area (Å²) in [7, 11) is 0. The van der Waals surface area contributed by atoms with Gasteiger partial charge in [0.1, 0.15) is 0 Å². The van der Waals surface area contributed by atoms with Gasteiger partial charge in [-0.25, -0.2) is 5.43 Å². The van der Waals surface area contributed by atoms with Crippen molar-refractivity contribution in [3.05, 3.63) is 64.1 Å². The number of thioether (sulfide) groups is 1. The van der Waals surface area contributed by atoms with Crippen molar-refractivity contribution in [3.8, 4) is 0 Å². The number of nitrogens with one attached hydrogen (secondary N) is 1. The third-order valence-electron chi connectivity index (χ3n) is 2.96. The number of aryl methyl sites for hydroxylation is 1. The zero-order chi connectivity index (χ0) is 15.9. The molecule has 0 fully saturated rings. The number of benzene rings is 2. The van der Waals surface area contributed by atoms with Crippen molar-refractivity contribution in [2.45, 2.75) is 24.0 Å². The zero-order valence-electron chi connectivity index (χ0n) is 12.4. The number of carbonyl (C=O) groups excluding carboxylic acids is 1. The molecule has 0 saturated carbocycles. The molecule has 114 valence electrons. The van der Waals surface area contributed by atoms with Crippen molar-refractivity contribution in [1.82, 2.24) is 5.43 Å². The molecular weight excluding hydrogens is 360 g/mol. The summed E-state index contributed by atoms with van der Waals surface area (Å²) in [6.45, 7) is 3.91. The molecule has 0 aliphatic carbocycles. The monoisotopic (exact) mass is 376 g/mol. The van der Waals surface area contributed by atoms with E-state index in [0.717, 1.165) is 14.9 Å². The maximum atomic E-state index is 12.0. The smallest absolute Gasteiger partial charge is 0.253 e. The van der Waals surface area contributed by atoms with Crippen molar-refractivity contribution in [2.75, 3.05) is 0 Å². The first-order chi connectivity index (χ1) is 10.5. The summed E-state index contributed by atoms with van der Waals surface area (Å²) in [5.74, 6) is -0.112. The molecule has 0 heterocycles. The van der Waals surface area contributed by atoms with E-state index in [2.05, 4.69) is 26.5 Å². The average Bonchev–Trinajstić information content (AvgIpc) is 2.51. The molecule has 0 aliphatic heterocycles. The highest BCUT2D eigenvalue weighted by Gasteiger charge is 2.13.